The summed E-state index contributed by atoms with van der Waals surface area (Å²) in [4.78, 5) is 5.42. The van der Waals surface area contributed by atoms with Gasteiger partial charge in [0.15, 0.2) is 6.23 Å². The predicted molar refractivity (Wildman–Crippen MR) is 112 cm³/mol. The molecule has 30 heavy (non-hydrogen) atoms. The van der Waals surface area contributed by atoms with E-state index in [-0.39, 0.29) is 0 Å². The summed E-state index contributed by atoms with van der Waals surface area (Å²) in [5.41, 5.74) is 2.33. The lowest BCUT2D eigenvalue weighted by atomic mass is 9.93. The van der Waals surface area contributed by atoms with Gasteiger partial charge < -0.3 is 9.64 Å². The third-order valence-electron chi connectivity index (χ3n) is 5.26. The van der Waals surface area contributed by atoms with Crippen molar-refractivity contribution in [2.45, 2.75) is 44.5 Å². The lowest BCUT2D eigenvalue weighted by molar-refractivity contribution is -0.0888. The molecule has 1 aliphatic heterocycles. The first-order chi connectivity index (χ1) is 14.5. The molecule has 0 bridgehead atoms. The highest BCUT2D eigenvalue weighted by Gasteiger charge is 2.35. The van der Waals surface area contributed by atoms with Crippen LogP contribution >= 0.6 is 0 Å². The maximum Gasteiger partial charge on any atom is 0.417 e. The van der Waals surface area contributed by atoms with Crippen molar-refractivity contribution in [2.24, 2.45) is 0 Å². The molecule has 1 fully saturated rings. The Morgan fingerprint density at radius 3 is 2.53 bits per heavy atom. The van der Waals surface area contributed by atoms with E-state index in [0.717, 1.165) is 30.7 Å². The molecular formula is C24H23F3N2O. The number of halogens is 3. The molecule has 0 N–H and O–H groups in total. The van der Waals surface area contributed by atoms with Crippen LogP contribution in [-0.4, -0.2) is 17.4 Å². The Kier molecular flexibility index (Phi) is 5.93. The number of nitrogens with zero attached hydrogens (tertiary/aromatic N) is 2. The fourth-order valence-electron chi connectivity index (χ4n) is 3.75. The van der Waals surface area contributed by atoms with Crippen molar-refractivity contribution in [3.63, 3.8) is 0 Å². The Balaban J connectivity index is 1.58. The van der Waals surface area contributed by atoms with Crippen molar-refractivity contribution >= 4 is 11.8 Å². The lowest BCUT2D eigenvalue weighted by Crippen LogP contribution is -2.37. The normalized spacial score (nSPS) is 19.4. The van der Waals surface area contributed by atoms with Crippen LogP contribution < -0.4 is 9.64 Å². The number of alkyl halides is 3. The molecule has 4 rings (SSSR count). The fraction of sp³-hybridized carbons (Fsp3) is 0.292. The molecular weight excluding hydrogens is 389 g/mol. The average molecular weight is 412 g/mol. The molecule has 2 aliphatic rings. The first-order valence-corrected chi connectivity index (χ1v) is 10.1. The van der Waals surface area contributed by atoms with Gasteiger partial charge in [0, 0.05) is 24.3 Å². The molecule has 1 aromatic carbocycles. The predicted octanol–water partition coefficient (Wildman–Crippen LogP) is 6.66. The Hall–Kier alpha value is -3.02. The third-order valence-corrected chi connectivity index (χ3v) is 5.26. The van der Waals surface area contributed by atoms with E-state index in [1.165, 1.54) is 35.8 Å². The van der Waals surface area contributed by atoms with Crippen LogP contribution in [0.3, 0.4) is 0 Å². The zero-order valence-electron chi connectivity index (χ0n) is 16.5. The average Bonchev–Trinajstić information content (AvgIpc) is 2.75. The monoisotopic (exact) mass is 412 g/mol. The van der Waals surface area contributed by atoms with Crippen molar-refractivity contribution in [3.8, 4) is 5.75 Å². The Bertz CT molecular complexity index is 956. The van der Waals surface area contributed by atoms with Crippen molar-refractivity contribution in [3.05, 3.63) is 83.9 Å². The topological polar surface area (TPSA) is 25.4 Å². The highest BCUT2D eigenvalue weighted by Crippen LogP contribution is 2.33. The number of anilines is 1. The summed E-state index contributed by atoms with van der Waals surface area (Å²) in [6, 6.07) is 11.0. The van der Waals surface area contributed by atoms with Gasteiger partial charge in [0.1, 0.15) is 5.75 Å². The largest absolute Gasteiger partial charge is 0.467 e. The molecule has 0 radical (unpaired) electrons. The molecule has 2 heterocycles. The number of rotatable bonds is 4. The number of ether oxygens (including phenoxy) is 1. The number of benzene rings is 1. The summed E-state index contributed by atoms with van der Waals surface area (Å²) in [6.07, 6.45) is 9.71. The molecule has 1 aliphatic carbocycles. The van der Waals surface area contributed by atoms with Crippen molar-refractivity contribution in [2.75, 3.05) is 4.90 Å². The summed E-state index contributed by atoms with van der Waals surface area (Å²) in [6.45, 7) is 0. The van der Waals surface area contributed by atoms with Crippen LogP contribution in [0.15, 0.2) is 78.3 Å². The first kappa shape index (κ1) is 20.3. The zero-order chi connectivity index (χ0) is 21.0. The van der Waals surface area contributed by atoms with Crippen LogP contribution in [0.1, 0.15) is 37.7 Å². The van der Waals surface area contributed by atoms with E-state index in [2.05, 4.69) is 11.1 Å². The molecule has 1 aromatic heterocycles. The van der Waals surface area contributed by atoms with E-state index >= 15 is 0 Å². The van der Waals surface area contributed by atoms with Gasteiger partial charge in [0.25, 0.3) is 0 Å². The van der Waals surface area contributed by atoms with Crippen LogP contribution in [-0.2, 0) is 0 Å². The van der Waals surface area contributed by atoms with E-state index < -0.39 is 18.0 Å². The minimum Gasteiger partial charge on any atom is -0.467 e. The molecule has 2 aromatic rings. The Morgan fingerprint density at radius 2 is 1.80 bits per heavy atom. The van der Waals surface area contributed by atoms with Gasteiger partial charge in [-0.05, 0) is 67.7 Å². The van der Waals surface area contributed by atoms with Crippen LogP contribution in [0, 0.1) is 0 Å². The van der Waals surface area contributed by atoms with E-state index in [1.54, 1.807) is 24.5 Å². The SMILES string of the molecule is FC(F)(F)C1=CN(c2ccncc2)C(Oc2cccc(C=C3CCCCC3)c2)C=C1. The summed E-state index contributed by atoms with van der Waals surface area (Å²) in [7, 11) is 0. The molecule has 1 saturated carbocycles. The summed E-state index contributed by atoms with van der Waals surface area (Å²) >= 11 is 0. The standard InChI is InChI=1S/C24H23F3N2O/c25-24(26,27)20-9-10-23(29(17-20)21-11-13-28-14-12-21)30-22-8-4-7-19(16-22)15-18-5-2-1-3-6-18/h4,7-17,23H,1-3,5-6H2. The number of allylic oxidation sites excluding steroid dienone is 3. The second-order valence-electron chi connectivity index (χ2n) is 7.50. The maximum atomic E-state index is 13.3. The van der Waals surface area contributed by atoms with Gasteiger partial charge in [-0.25, -0.2) is 0 Å². The quantitative estimate of drug-likeness (QED) is 0.562. The summed E-state index contributed by atoms with van der Waals surface area (Å²) in [5, 5.41) is 0. The van der Waals surface area contributed by atoms with Gasteiger partial charge in [0.2, 0.25) is 0 Å². The third kappa shape index (κ3) is 4.93. The number of pyridine rings is 1. The second-order valence-corrected chi connectivity index (χ2v) is 7.50. The van der Waals surface area contributed by atoms with Crippen LogP contribution in [0.2, 0.25) is 0 Å². The molecule has 0 amide bonds. The van der Waals surface area contributed by atoms with Gasteiger partial charge in [-0.3, -0.25) is 4.98 Å². The first-order valence-electron chi connectivity index (χ1n) is 10.1. The van der Waals surface area contributed by atoms with E-state index in [9.17, 15) is 13.2 Å². The number of hydrogen-bond acceptors (Lipinski definition) is 3. The highest BCUT2D eigenvalue weighted by molar-refractivity contribution is 5.56. The Morgan fingerprint density at radius 1 is 1.03 bits per heavy atom. The number of hydrogen-bond donors (Lipinski definition) is 0. The molecule has 0 saturated heterocycles. The van der Waals surface area contributed by atoms with Gasteiger partial charge in [0.05, 0.1) is 5.57 Å². The summed E-state index contributed by atoms with van der Waals surface area (Å²) < 4.78 is 45.9. The van der Waals surface area contributed by atoms with E-state index in [0.29, 0.717) is 11.4 Å². The molecule has 0 spiro atoms. The Labute approximate surface area is 174 Å². The summed E-state index contributed by atoms with van der Waals surface area (Å²) in [5.74, 6) is 0.609. The molecule has 1 atom stereocenters. The van der Waals surface area contributed by atoms with Crippen molar-refractivity contribution < 1.29 is 17.9 Å². The molecule has 6 heteroatoms. The maximum absolute atomic E-state index is 13.3. The molecule has 156 valence electrons. The van der Waals surface area contributed by atoms with Gasteiger partial charge in [-0.2, -0.15) is 13.2 Å². The lowest BCUT2D eigenvalue weighted by Gasteiger charge is -2.32. The highest BCUT2D eigenvalue weighted by atomic mass is 19.4. The van der Waals surface area contributed by atoms with Gasteiger partial charge >= 0.3 is 6.18 Å². The minimum atomic E-state index is -4.43. The smallest absolute Gasteiger partial charge is 0.417 e. The van der Waals surface area contributed by atoms with Crippen LogP contribution in [0.25, 0.3) is 6.08 Å². The van der Waals surface area contributed by atoms with Gasteiger partial charge in [-0.15, -0.1) is 0 Å². The second kappa shape index (κ2) is 8.78. The number of aromatic nitrogens is 1. The zero-order valence-corrected chi connectivity index (χ0v) is 16.5. The molecule has 3 nitrogen and oxygen atoms in total. The molecule has 1 unspecified atom stereocenters. The van der Waals surface area contributed by atoms with Crippen molar-refractivity contribution in [1.29, 1.82) is 0 Å². The van der Waals surface area contributed by atoms with E-state index in [4.69, 9.17) is 4.74 Å². The van der Waals surface area contributed by atoms with Crippen LogP contribution in [0.5, 0.6) is 5.75 Å². The minimum absolute atomic E-state index is 0.571. The van der Waals surface area contributed by atoms with Crippen LogP contribution in [0.4, 0.5) is 18.9 Å². The van der Waals surface area contributed by atoms with Gasteiger partial charge in [-0.1, -0.05) is 30.2 Å². The fourth-order valence-corrected chi connectivity index (χ4v) is 3.75. The van der Waals surface area contributed by atoms with Crippen molar-refractivity contribution in [1.82, 2.24) is 4.98 Å². The van der Waals surface area contributed by atoms with E-state index in [1.807, 2.05) is 24.3 Å².